The molecule has 0 saturated carbocycles. The highest BCUT2D eigenvalue weighted by molar-refractivity contribution is 6.33. The number of carbonyl (C=O) groups is 2. The maximum Gasteiger partial charge on any atom is 0.345 e. The van der Waals surface area contributed by atoms with Crippen LogP contribution in [0.15, 0.2) is 96.1 Å². The summed E-state index contributed by atoms with van der Waals surface area (Å²) in [6, 6.07) is 27.3. The van der Waals surface area contributed by atoms with E-state index in [1.165, 1.54) is 6.21 Å². The minimum absolute atomic E-state index is 0.0856. The number of hydrazone groups is 1. The van der Waals surface area contributed by atoms with E-state index in [2.05, 4.69) is 15.8 Å². The molecule has 0 aliphatic heterocycles. The molecule has 1 amide bonds. The number of fused-ring (bicyclic) bond motifs is 1. The van der Waals surface area contributed by atoms with Crippen molar-refractivity contribution in [1.29, 1.82) is 0 Å². The van der Waals surface area contributed by atoms with Crippen LogP contribution in [0.5, 0.6) is 5.75 Å². The summed E-state index contributed by atoms with van der Waals surface area (Å²) in [6.45, 7) is 0.0856. The molecule has 0 heterocycles. The standard InChI is InChI=1S/C26H20ClN3O3/c27-23-10-4-3-9-22(23)26(32)33-20-14-12-18(13-15-20)16-29-30-25(31)17-28-24-11-5-7-19-6-1-2-8-21(19)24/h1-16,28H,17H2,(H,30,31)/b29-16+. The van der Waals surface area contributed by atoms with Crippen LogP contribution >= 0.6 is 11.6 Å². The number of rotatable bonds is 7. The second-order valence-electron chi connectivity index (χ2n) is 7.11. The molecule has 0 aliphatic carbocycles. The average Bonchev–Trinajstić information content (AvgIpc) is 2.84. The second-order valence-corrected chi connectivity index (χ2v) is 7.52. The number of carbonyl (C=O) groups excluding carboxylic acids is 2. The van der Waals surface area contributed by atoms with Crippen molar-refractivity contribution in [3.8, 4) is 5.75 Å². The van der Waals surface area contributed by atoms with Crippen molar-refractivity contribution < 1.29 is 14.3 Å². The Morgan fingerprint density at radius 2 is 1.61 bits per heavy atom. The summed E-state index contributed by atoms with van der Waals surface area (Å²) >= 11 is 6.02. The van der Waals surface area contributed by atoms with Crippen molar-refractivity contribution >= 4 is 46.2 Å². The number of esters is 1. The third-order valence-corrected chi connectivity index (χ3v) is 5.15. The minimum atomic E-state index is -0.534. The first-order chi connectivity index (χ1) is 16.1. The molecule has 0 spiro atoms. The summed E-state index contributed by atoms with van der Waals surface area (Å²) in [5, 5.41) is 9.59. The van der Waals surface area contributed by atoms with E-state index in [-0.39, 0.29) is 12.5 Å². The number of amides is 1. The van der Waals surface area contributed by atoms with E-state index >= 15 is 0 Å². The van der Waals surface area contributed by atoms with Crippen LogP contribution in [-0.2, 0) is 4.79 Å². The lowest BCUT2D eigenvalue weighted by atomic mass is 10.1. The average molecular weight is 458 g/mol. The summed E-state index contributed by atoms with van der Waals surface area (Å²) in [7, 11) is 0. The van der Waals surface area contributed by atoms with Gasteiger partial charge in [0.05, 0.1) is 23.3 Å². The molecular formula is C26H20ClN3O3. The first-order valence-corrected chi connectivity index (χ1v) is 10.6. The van der Waals surface area contributed by atoms with E-state index < -0.39 is 5.97 Å². The highest BCUT2D eigenvalue weighted by Gasteiger charge is 2.12. The molecule has 2 N–H and O–H groups in total. The SMILES string of the molecule is O=C(CNc1cccc2ccccc12)N/N=C/c1ccc(OC(=O)c2ccccc2Cl)cc1. The van der Waals surface area contributed by atoms with Gasteiger partial charge in [0, 0.05) is 11.1 Å². The second kappa shape index (κ2) is 10.4. The molecule has 4 aromatic rings. The zero-order valence-electron chi connectivity index (χ0n) is 17.5. The van der Waals surface area contributed by atoms with Gasteiger partial charge in [-0.3, -0.25) is 4.79 Å². The zero-order chi connectivity index (χ0) is 23.0. The van der Waals surface area contributed by atoms with E-state index in [9.17, 15) is 9.59 Å². The Hall–Kier alpha value is -4.16. The predicted molar refractivity (Wildman–Crippen MR) is 131 cm³/mol. The van der Waals surface area contributed by atoms with Gasteiger partial charge in [0.2, 0.25) is 0 Å². The lowest BCUT2D eigenvalue weighted by Crippen LogP contribution is -2.25. The summed E-state index contributed by atoms with van der Waals surface area (Å²) in [6.07, 6.45) is 1.51. The first kappa shape index (κ1) is 22.0. The number of benzene rings is 4. The van der Waals surface area contributed by atoms with E-state index in [1.54, 1.807) is 48.5 Å². The lowest BCUT2D eigenvalue weighted by Gasteiger charge is -2.08. The summed E-state index contributed by atoms with van der Waals surface area (Å²) in [5.41, 5.74) is 4.40. The van der Waals surface area contributed by atoms with Crippen molar-refractivity contribution in [2.24, 2.45) is 5.10 Å². The smallest absolute Gasteiger partial charge is 0.345 e. The Labute approximate surface area is 195 Å². The van der Waals surface area contributed by atoms with Crippen LogP contribution in [0.3, 0.4) is 0 Å². The van der Waals surface area contributed by atoms with E-state index in [1.807, 2.05) is 42.5 Å². The predicted octanol–water partition coefficient (Wildman–Crippen LogP) is 5.27. The maximum absolute atomic E-state index is 12.2. The van der Waals surface area contributed by atoms with Crippen LogP contribution in [-0.4, -0.2) is 24.6 Å². The van der Waals surface area contributed by atoms with Gasteiger partial charge in [-0.15, -0.1) is 0 Å². The molecule has 4 rings (SSSR count). The van der Waals surface area contributed by atoms with Crippen LogP contribution in [0.1, 0.15) is 15.9 Å². The highest BCUT2D eigenvalue weighted by atomic mass is 35.5. The number of hydrogen-bond acceptors (Lipinski definition) is 5. The van der Waals surface area contributed by atoms with Crippen molar-refractivity contribution in [2.75, 3.05) is 11.9 Å². The van der Waals surface area contributed by atoms with Crippen molar-refractivity contribution in [1.82, 2.24) is 5.43 Å². The van der Waals surface area contributed by atoms with Gasteiger partial charge in [-0.05, 0) is 53.4 Å². The number of halogens is 1. The van der Waals surface area contributed by atoms with Gasteiger partial charge in [0.25, 0.3) is 5.91 Å². The molecule has 0 aliphatic rings. The third kappa shape index (κ3) is 5.75. The maximum atomic E-state index is 12.2. The number of hydrogen-bond donors (Lipinski definition) is 2. The van der Waals surface area contributed by atoms with E-state index in [0.29, 0.717) is 16.3 Å². The zero-order valence-corrected chi connectivity index (χ0v) is 18.3. The summed E-state index contributed by atoms with van der Waals surface area (Å²) in [4.78, 5) is 24.3. The number of ether oxygens (including phenoxy) is 1. The number of anilines is 1. The molecule has 0 atom stereocenters. The molecule has 7 heteroatoms. The van der Waals surface area contributed by atoms with Gasteiger partial charge in [0.15, 0.2) is 0 Å². The molecule has 4 aromatic carbocycles. The van der Waals surface area contributed by atoms with Crippen molar-refractivity contribution in [2.45, 2.75) is 0 Å². The molecule has 0 radical (unpaired) electrons. The van der Waals surface area contributed by atoms with Crippen LogP contribution in [0.4, 0.5) is 5.69 Å². The third-order valence-electron chi connectivity index (χ3n) is 4.82. The van der Waals surface area contributed by atoms with Gasteiger partial charge in [0.1, 0.15) is 5.75 Å². The first-order valence-electron chi connectivity index (χ1n) is 10.2. The van der Waals surface area contributed by atoms with Crippen LogP contribution in [0, 0.1) is 0 Å². The number of nitrogens with zero attached hydrogens (tertiary/aromatic N) is 1. The fourth-order valence-electron chi connectivity index (χ4n) is 3.18. The molecule has 0 aromatic heterocycles. The molecule has 0 unspecified atom stereocenters. The molecular weight excluding hydrogens is 438 g/mol. The normalized spacial score (nSPS) is 10.8. The highest BCUT2D eigenvalue weighted by Crippen LogP contribution is 2.22. The molecule has 0 bridgehead atoms. The Morgan fingerprint density at radius 3 is 2.42 bits per heavy atom. The Balaban J connectivity index is 1.28. The Bertz CT molecular complexity index is 1310. The molecule has 6 nitrogen and oxygen atoms in total. The Kier molecular flexibility index (Phi) is 6.97. The summed E-state index contributed by atoms with van der Waals surface area (Å²) < 4.78 is 5.34. The van der Waals surface area contributed by atoms with Gasteiger partial charge >= 0.3 is 5.97 Å². The fourth-order valence-corrected chi connectivity index (χ4v) is 3.40. The minimum Gasteiger partial charge on any atom is -0.423 e. The van der Waals surface area contributed by atoms with E-state index in [0.717, 1.165) is 22.0 Å². The van der Waals surface area contributed by atoms with Crippen molar-refractivity contribution in [3.05, 3.63) is 107 Å². The number of nitrogens with one attached hydrogen (secondary N) is 2. The summed E-state index contributed by atoms with van der Waals surface area (Å²) in [5.74, 6) is -0.433. The van der Waals surface area contributed by atoms with Crippen LogP contribution < -0.4 is 15.5 Å². The fraction of sp³-hybridized carbons (Fsp3) is 0.0385. The lowest BCUT2D eigenvalue weighted by molar-refractivity contribution is -0.119. The molecule has 33 heavy (non-hydrogen) atoms. The van der Waals surface area contributed by atoms with Gasteiger partial charge in [-0.1, -0.05) is 60.1 Å². The van der Waals surface area contributed by atoms with Crippen LogP contribution in [0.25, 0.3) is 10.8 Å². The van der Waals surface area contributed by atoms with Gasteiger partial charge in [-0.2, -0.15) is 5.10 Å². The monoisotopic (exact) mass is 457 g/mol. The Morgan fingerprint density at radius 1 is 0.879 bits per heavy atom. The van der Waals surface area contributed by atoms with E-state index in [4.69, 9.17) is 16.3 Å². The topological polar surface area (TPSA) is 79.8 Å². The van der Waals surface area contributed by atoms with Gasteiger partial charge < -0.3 is 10.1 Å². The molecule has 164 valence electrons. The van der Waals surface area contributed by atoms with Crippen molar-refractivity contribution in [3.63, 3.8) is 0 Å². The van der Waals surface area contributed by atoms with Crippen LogP contribution in [0.2, 0.25) is 5.02 Å². The molecule has 0 fully saturated rings. The quantitative estimate of drug-likeness (QED) is 0.171. The molecule has 0 saturated heterocycles. The largest absolute Gasteiger partial charge is 0.423 e. The van der Waals surface area contributed by atoms with Gasteiger partial charge in [-0.25, -0.2) is 10.2 Å².